The van der Waals surface area contributed by atoms with Crippen molar-refractivity contribution in [2.24, 2.45) is 0 Å². The summed E-state index contributed by atoms with van der Waals surface area (Å²) in [6.45, 7) is 3.63. The largest absolute Gasteiger partial charge is 0.647 e. The summed E-state index contributed by atoms with van der Waals surface area (Å²) < 4.78 is 29.6. The molecule has 5 heteroatoms. The summed E-state index contributed by atoms with van der Waals surface area (Å²) in [5.74, 6) is 1.22. The molecule has 0 spiro atoms. The number of para-hydroxylation sites is 3. The van der Waals surface area contributed by atoms with Crippen LogP contribution in [0.4, 0.5) is 0 Å². The van der Waals surface area contributed by atoms with Gasteiger partial charge in [0.25, 0.3) is 0 Å². The van der Waals surface area contributed by atoms with Crippen molar-refractivity contribution in [3.8, 4) is 17.2 Å². The van der Waals surface area contributed by atoms with E-state index in [0.29, 0.717) is 17.2 Å². The van der Waals surface area contributed by atoms with Crippen LogP contribution in [0.5, 0.6) is 17.2 Å². The average Bonchev–Trinajstić information content (AvgIpc) is 2.82. The van der Waals surface area contributed by atoms with Crippen LogP contribution >= 0.6 is 7.82 Å². The maximum Gasteiger partial charge on any atom is 0.647 e. The van der Waals surface area contributed by atoms with Crippen molar-refractivity contribution in [1.29, 1.82) is 0 Å². The molecule has 0 aliphatic heterocycles. The zero-order valence-corrected chi connectivity index (χ0v) is 17.8. The summed E-state index contributed by atoms with van der Waals surface area (Å²) in [5.41, 5.74) is 1.17. The van der Waals surface area contributed by atoms with Gasteiger partial charge < -0.3 is 13.6 Å². The van der Waals surface area contributed by atoms with E-state index >= 15 is 0 Å². The average molecular weight is 430 g/mol. The van der Waals surface area contributed by atoms with Gasteiger partial charge in [-0.05, 0) is 42.0 Å². The third-order valence-electron chi connectivity index (χ3n) is 3.92. The van der Waals surface area contributed by atoms with Gasteiger partial charge >= 0.3 is 7.82 Å². The molecule has 0 saturated carbocycles. The lowest BCUT2D eigenvalue weighted by atomic mass is 10.2. The van der Waals surface area contributed by atoms with Crippen molar-refractivity contribution in [3.05, 3.63) is 133 Å². The van der Waals surface area contributed by atoms with Gasteiger partial charge in [-0.25, -0.2) is 0 Å². The molecule has 0 heterocycles. The topological polar surface area (TPSA) is 44.8 Å². The summed E-state index contributed by atoms with van der Waals surface area (Å²) in [4.78, 5) is 0. The summed E-state index contributed by atoms with van der Waals surface area (Å²) in [6.07, 6.45) is 1.83. The molecule has 31 heavy (non-hydrogen) atoms. The second-order valence-electron chi connectivity index (χ2n) is 6.28. The first kappa shape index (κ1) is 21.9. The Morgan fingerprint density at radius 2 is 0.806 bits per heavy atom. The quantitative estimate of drug-likeness (QED) is 0.282. The molecule has 0 bridgehead atoms. The smallest absolute Gasteiger partial charge is 0.386 e. The second-order valence-corrected chi connectivity index (χ2v) is 7.72. The third-order valence-corrected chi connectivity index (χ3v) is 5.22. The zero-order chi connectivity index (χ0) is 21.8. The minimum atomic E-state index is -3.89. The van der Waals surface area contributed by atoms with Gasteiger partial charge in [-0.2, -0.15) is 4.57 Å². The van der Waals surface area contributed by atoms with Crippen LogP contribution < -0.4 is 13.6 Å². The Kier molecular flexibility index (Phi) is 8.10. The molecule has 0 amide bonds. The molecule has 0 fully saturated rings. The number of rotatable bonds is 7. The Hall–Kier alpha value is -3.75. The monoisotopic (exact) mass is 430 g/mol. The maximum absolute atomic E-state index is 13.1. The first-order chi connectivity index (χ1) is 15.2. The fraction of sp³-hybridized carbons (Fsp3) is 0. The van der Waals surface area contributed by atoms with Crippen LogP contribution in [0.2, 0.25) is 0 Å². The summed E-state index contributed by atoms with van der Waals surface area (Å²) in [7, 11) is -3.89. The third kappa shape index (κ3) is 7.54. The van der Waals surface area contributed by atoms with Gasteiger partial charge in [0.15, 0.2) is 0 Å². The highest BCUT2D eigenvalue weighted by molar-refractivity contribution is 7.49. The van der Waals surface area contributed by atoms with Crippen LogP contribution in [0.1, 0.15) is 5.56 Å². The lowest BCUT2D eigenvalue weighted by Gasteiger charge is -2.19. The van der Waals surface area contributed by atoms with Crippen LogP contribution in [0.3, 0.4) is 0 Å². The van der Waals surface area contributed by atoms with Gasteiger partial charge in [0.2, 0.25) is 0 Å². The molecule has 4 rings (SSSR count). The lowest BCUT2D eigenvalue weighted by molar-refractivity contribution is 0.298. The Morgan fingerprint density at radius 1 is 0.516 bits per heavy atom. The van der Waals surface area contributed by atoms with E-state index in [9.17, 15) is 4.57 Å². The molecule has 0 radical (unpaired) electrons. The second kappa shape index (κ2) is 11.4. The number of hydrogen-bond acceptors (Lipinski definition) is 4. The van der Waals surface area contributed by atoms with Crippen molar-refractivity contribution in [2.45, 2.75) is 0 Å². The molecule has 156 valence electrons. The summed E-state index contributed by atoms with van der Waals surface area (Å²) in [5, 5.41) is 0. The molecule has 0 aliphatic carbocycles. The number of phosphoric acid groups is 1. The minimum absolute atomic E-state index is 0.405. The van der Waals surface area contributed by atoms with E-state index in [4.69, 9.17) is 13.6 Å². The van der Waals surface area contributed by atoms with Gasteiger partial charge in [0.1, 0.15) is 17.2 Å². The molecule has 0 aromatic heterocycles. The molecule has 0 atom stereocenters. The Morgan fingerprint density at radius 3 is 1.06 bits per heavy atom. The lowest BCUT2D eigenvalue weighted by Crippen LogP contribution is -2.07. The molecule has 4 aromatic carbocycles. The van der Waals surface area contributed by atoms with Crippen molar-refractivity contribution < 1.29 is 18.1 Å². The van der Waals surface area contributed by atoms with Crippen molar-refractivity contribution in [1.82, 2.24) is 0 Å². The van der Waals surface area contributed by atoms with Crippen LogP contribution in [0, 0.1) is 0 Å². The highest BCUT2D eigenvalue weighted by Crippen LogP contribution is 2.49. The Bertz CT molecular complexity index is 977. The maximum atomic E-state index is 13.1. The number of benzene rings is 4. The molecule has 0 saturated heterocycles. The molecular formula is C26H23O4P. The fourth-order valence-corrected chi connectivity index (χ4v) is 3.73. The van der Waals surface area contributed by atoms with Crippen molar-refractivity contribution in [3.63, 3.8) is 0 Å². The van der Waals surface area contributed by atoms with Gasteiger partial charge in [-0.1, -0.05) is 97.6 Å². The zero-order valence-electron chi connectivity index (χ0n) is 16.9. The summed E-state index contributed by atoms with van der Waals surface area (Å²) in [6, 6.07) is 36.4. The molecule has 0 aliphatic rings. The van der Waals surface area contributed by atoms with E-state index in [1.54, 1.807) is 72.8 Å². The minimum Gasteiger partial charge on any atom is -0.386 e. The van der Waals surface area contributed by atoms with E-state index in [1.165, 1.54) is 5.56 Å². The highest BCUT2D eigenvalue weighted by Gasteiger charge is 2.33. The van der Waals surface area contributed by atoms with Gasteiger partial charge in [0, 0.05) is 0 Å². The Labute approximate surface area is 183 Å². The molecule has 0 unspecified atom stereocenters. The predicted molar refractivity (Wildman–Crippen MR) is 125 cm³/mol. The Balaban J connectivity index is 0.000000287. The standard InChI is InChI=1S/C18H15O4P.C8H8/c19-23(20-16-10-4-1-5-11-16,21-17-12-6-2-7-13-17)22-18-14-8-3-9-15-18;1-2-8-6-4-3-5-7-8/h1-15H;2-7H,1H2. The van der Waals surface area contributed by atoms with Crippen molar-refractivity contribution in [2.75, 3.05) is 0 Å². The van der Waals surface area contributed by atoms with E-state index in [0.717, 1.165) is 0 Å². The van der Waals surface area contributed by atoms with Gasteiger partial charge in [-0.3, -0.25) is 0 Å². The van der Waals surface area contributed by atoms with Crippen LogP contribution in [0.15, 0.2) is 128 Å². The van der Waals surface area contributed by atoms with Crippen molar-refractivity contribution >= 4 is 13.9 Å². The predicted octanol–water partition coefficient (Wildman–Crippen LogP) is 7.66. The van der Waals surface area contributed by atoms with E-state index in [1.807, 2.05) is 54.6 Å². The van der Waals surface area contributed by atoms with E-state index in [-0.39, 0.29) is 0 Å². The van der Waals surface area contributed by atoms with Crippen LogP contribution in [-0.4, -0.2) is 0 Å². The van der Waals surface area contributed by atoms with E-state index < -0.39 is 7.82 Å². The number of hydrogen-bond donors (Lipinski definition) is 0. The summed E-state index contributed by atoms with van der Waals surface area (Å²) >= 11 is 0. The SMILES string of the molecule is C=Cc1ccccc1.O=P(Oc1ccccc1)(Oc1ccccc1)Oc1ccccc1. The van der Waals surface area contributed by atoms with E-state index in [2.05, 4.69) is 6.58 Å². The van der Waals surface area contributed by atoms with Crippen LogP contribution in [-0.2, 0) is 4.57 Å². The first-order valence-electron chi connectivity index (χ1n) is 9.68. The highest BCUT2D eigenvalue weighted by atomic mass is 31.2. The van der Waals surface area contributed by atoms with Gasteiger partial charge in [0.05, 0.1) is 0 Å². The fourth-order valence-electron chi connectivity index (χ4n) is 2.48. The first-order valence-corrected chi connectivity index (χ1v) is 11.1. The number of phosphoric ester groups is 1. The normalized spacial score (nSPS) is 10.2. The molecule has 4 aromatic rings. The molecule has 0 N–H and O–H groups in total. The molecular weight excluding hydrogens is 407 g/mol. The van der Waals surface area contributed by atoms with Gasteiger partial charge in [-0.15, -0.1) is 0 Å². The molecule has 4 nitrogen and oxygen atoms in total. The van der Waals surface area contributed by atoms with Crippen LogP contribution in [0.25, 0.3) is 6.08 Å².